The third kappa shape index (κ3) is 17.1. The number of esters is 4. The smallest absolute Gasteiger partial charge is 0.305 e. The Hall–Kier alpha value is -5.49. The number of carbonyl (C=O) groups excluding carboxylic acids is 5. The van der Waals surface area contributed by atoms with Crippen molar-refractivity contribution in [1.29, 1.82) is 0 Å². The summed E-state index contributed by atoms with van der Waals surface area (Å²) in [5, 5.41) is 36.4. The Morgan fingerprint density at radius 2 is 1.00 bits per heavy atom. The van der Waals surface area contributed by atoms with E-state index in [1.807, 2.05) is 0 Å². The van der Waals surface area contributed by atoms with Crippen LogP contribution in [0.3, 0.4) is 0 Å². The summed E-state index contributed by atoms with van der Waals surface area (Å²) in [5.41, 5.74) is 0. The predicted octanol–water partition coefficient (Wildman–Crippen LogP) is 0.850. The van der Waals surface area contributed by atoms with Crippen LogP contribution < -0.4 is 0 Å². The standard InChI is InChI=1S/C17H22O9.C16H20O9/c1-7-8-14(22)16(25-12(5)20)17(26-13(6)21)15(24-11(4)19)9(2)23-10(3)18;1-2-3-11-9(5-14(19)20)8(4-13(17)18)10(6-15(21)22)12(25-11)7-16(23)24/h1,9,15-17H,8H2,2-6H3;1,8-12H,3-7H2,(H,17,18)(H,19,20)(H,21,22)(H,23,24)/t9-,15+,16+,17+;8-,9-,10+,11+,12?/m11/s1. The molecule has 0 saturated carbocycles. The Bertz CT molecular complexity index is 1390. The number of aliphatic carboxylic acids is 4. The van der Waals surface area contributed by atoms with Gasteiger partial charge in [0.25, 0.3) is 0 Å². The summed E-state index contributed by atoms with van der Waals surface area (Å²) in [6, 6.07) is 0. The first-order valence-electron chi connectivity index (χ1n) is 15.3. The highest BCUT2D eigenvalue weighted by Gasteiger charge is 2.48. The van der Waals surface area contributed by atoms with E-state index in [4.69, 9.17) is 57.0 Å². The number of carboxylic acid groups (broad SMARTS) is 4. The van der Waals surface area contributed by atoms with E-state index in [0.717, 1.165) is 27.7 Å². The first-order valence-corrected chi connectivity index (χ1v) is 15.3. The van der Waals surface area contributed by atoms with Crippen LogP contribution in [0, 0.1) is 42.4 Å². The molecule has 1 aliphatic heterocycles. The Morgan fingerprint density at radius 3 is 1.39 bits per heavy atom. The molecule has 51 heavy (non-hydrogen) atoms. The number of ketones is 1. The minimum Gasteiger partial charge on any atom is -0.481 e. The van der Waals surface area contributed by atoms with Crippen LogP contribution in [-0.4, -0.2) is 111 Å². The van der Waals surface area contributed by atoms with Crippen LogP contribution in [0.25, 0.3) is 0 Å². The van der Waals surface area contributed by atoms with E-state index in [-0.39, 0.29) is 6.42 Å². The summed E-state index contributed by atoms with van der Waals surface area (Å²) in [6.07, 6.45) is 0.314. The van der Waals surface area contributed by atoms with E-state index >= 15 is 0 Å². The van der Waals surface area contributed by atoms with Gasteiger partial charge in [0.15, 0.2) is 18.0 Å². The number of ether oxygens (including phenoxy) is 5. The minimum atomic E-state index is -1.64. The molecular weight excluding hydrogens is 684 g/mol. The largest absolute Gasteiger partial charge is 0.481 e. The molecule has 18 nitrogen and oxygen atoms in total. The fourth-order valence-corrected chi connectivity index (χ4v) is 5.60. The third-order valence-electron chi connectivity index (χ3n) is 7.26. The molecule has 0 radical (unpaired) electrons. The quantitative estimate of drug-likeness (QED) is 0.0865. The van der Waals surface area contributed by atoms with Gasteiger partial charge in [0.2, 0.25) is 6.10 Å². The highest BCUT2D eigenvalue weighted by molar-refractivity contribution is 5.88. The van der Waals surface area contributed by atoms with Gasteiger partial charge in [0.1, 0.15) is 6.10 Å². The molecular formula is C33H42O18. The third-order valence-corrected chi connectivity index (χ3v) is 7.26. The molecule has 1 aliphatic rings. The van der Waals surface area contributed by atoms with Crippen LogP contribution in [0.1, 0.15) is 73.1 Å². The van der Waals surface area contributed by atoms with Gasteiger partial charge < -0.3 is 44.1 Å². The van der Waals surface area contributed by atoms with Crippen LogP contribution in [-0.2, 0) is 66.8 Å². The van der Waals surface area contributed by atoms with Crippen molar-refractivity contribution in [2.75, 3.05) is 0 Å². The summed E-state index contributed by atoms with van der Waals surface area (Å²) in [4.78, 5) is 102. The Balaban J connectivity index is 0.000000981. The number of Topliss-reactive ketones (excluding diaryl/α,β-unsaturated/α-hetero) is 1. The second kappa shape index (κ2) is 22.3. The van der Waals surface area contributed by atoms with Crippen molar-refractivity contribution in [3.8, 4) is 24.7 Å². The lowest BCUT2D eigenvalue weighted by Gasteiger charge is -2.45. The number of hydrogen-bond donors (Lipinski definition) is 4. The maximum atomic E-state index is 12.3. The van der Waals surface area contributed by atoms with Crippen molar-refractivity contribution in [2.24, 2.45) is 17.8 Å². The van der Waals surface area contributed by atoms with E-state index in [9.17, 15) is 43.2 Å². The molecule has 0 amide bonds. The first kappa shape index (κ1) is 45.5. The van der Waals surface area contributed by atoms with Gasteiger partial charge in [-0.15, -0.1) is 18.8 Å². The van der Waals surface area contributed by atoms with Crippen LogP contribution >= 0.6 is 0 Å². The van der Waals surface area contributed by atoms with Crippen molar-refractivity contribution in [3.05, 3.63) is 0 Å². The topological polar surface area (TPSA) is 281 Å². The predicted molar refractivity (Wildman–Crippen MR) is 168 cm³/mol. The zero-order valence-electron chi connectivity index (χ0n) is 28.6. The van der Waals surface area contributed by atoms with Crippen LogP contribution in [0.4, 0.5) is 0 Å². The summed E-state index contributed by atoms with van der Waals surface area (Å²) in [5.74, 6) is -7.06. The molecule has 1 saturated heterocycles. The van der Waals surface area contributed by atoms with Crippen LogP contribution in [0.5, 0.6) is 0 Å². The summed E-state index contributed by atoms with van der Waals surface area (Å²) in [6.45, 7) is 5.64. The van der Waals surface area contributed by atoms with E-state index in [0.29, 0.717) is 0 Å². The van der Waals surface area contributed by atoms with Gasteiger partial charge >= 0.3 is 47.8 Å². The number of rotatable bonds is 18. The van der Waals surface area contributed by atoms with Gasteiger partial charge in [-0.05, 0) is 18.8 Å². The zero-order valence-corrected chi connectivity index (χ0v) is 28.6. The zero-order chi connectivity index (χ0) is 39.6. The molecule has 4 N–H and O–H groups in total. The monoisotopic (exact) mass is 726 g/mol. The molecule has 282 valence electrons. The first-order chi connectivity index (χ1) is 23.6. The molecule has 0 aromatic heterocycles. The average molecular weight is 727 g/mol. The number of carboxylic acids is 4. The van der Waals surface area contributed by atoms with E-state index < -0.39 is 140 Å². The molecule has 18 heteroatoms. The van der Waals surface area contributed by atoms with Gasteiger partial charge in [0.05, 0.1) is 37.9 Å². The van der Waals surface area contributed by atoms with Crippen molar-refractivity contribution < 1.29 is 87.3 Å². The molecule has 0 aromatic rings. The van der Waals surface area contributed by atoms with Gasteiger partial charge in [0, 0.05) is 46.5 Å². The number of hydrogen-bond acceptors (Lipinski definition) is 14. The molecule has 1 fully saturated rings. The fraction of sp³-hybridized carbons (Fsp3) is 0.606. The highest BCUT2D eigenvalue weighted by Crippen LogP contribution is 2.43. The van der Waals surface area contributed by atoms with Gasteiger partial charge in [-0.25, -0.2) is 0 Å². The lowest BCUT2D eigenvalue weighted by molar-refractivity contribution is -0.197. The maximum absolute atomic E-state index is 12.3. The van der Waals surface area contributed by atoms with Gasteiger partial charge in [-0.1, -0.05) is 5.92 Å². The summed E-state index contributed by atoms with van der Waals surface area (Å²) >= 11 is 0. The molecule has 0 aromatic carbocycles. The minimum absolute atomic E-state index is 0.0238. The van der Waals surface area contributed by atoms with E-state index in [1.165, 1.54) is 6.92 Å². The summed E-state index contributed by atoms with van der Waals surface area (Å²) in [7, 11) is 0. The Kier molecular flexibility index (Phi) is 19.9. The molecule has 1 heterocycles. The van der Waals surface area contributed by atoms with Crippen molar-refractivity contribution in [1.82, 2.24) is 0 Å². The second-order valence-corrected chi connectivity index (χ2v) is 11.3. The van der Waals surface area contributed by atoms with Crippen molar-refractivity contribution in [3.63, 3.8) is 0 Å². The van der Waals surface area contributed by atoms with Crippen LogP contribution in [0.2, 0.25) is 0 Å². The number of terminal acetylenes is 2. The molecule has 0 aliphatic carbocycles. The molecule has 0 spiro atoms. The van der Waals surface area contributed by atoms with E-state index in [1.54, 1.807) is 0 Å². The second-order valence-electron chi connectivity index (χ2n) is 11.3. The van der Waals surface area contributed by atoms with Crippen molar-refractivity contribution >= 4 is 53.5 Å². The maximum Gasteiger partial charge on any atom is 0.305 e. The molecule has 1 rings (SSSR count). The molecule has 1 unspecified atom stereocenters. The lowest BCUT2D eigenvalue weighted by Crippen LogP contribution is -2.53. The summed E-state index contributed by atoms with van der Waals surface area (Å²) < 4.78 is 25.7. The van der Waals surface area contributed by atoms with E-state index in [2.05, 4.69) is 11.8 Å². The van der Waals surface area contributed by atoms with Gasteiger partial charge in [-0.2, -0.15) is 0 Å². The normalized spacial score (nSPS) is 21.5. The Morgan fingerprint density at radius 1 is 0.588 bits per heavy atom. The number of carbonyl (C=O) groups is 9. The Labute approximate surface area is 293 Å². The SMILES string of the molecule is C#CCC(=O)[C@H](OC(C)=O)[C@@H](OC(C)=O)[C@@H](OC(C)=O)[C@@H](C)OC(C)=O.C#CC[C@@H]1OC(CC(=O)O)[C@@H](CC(=O)O)[C@H](CC(=O)O)[C@H]1CC(=O)O. The fourth-order valence-electron chi connectivity index (χ4n) is 5.60. The molecule has 0 bridgehead atoms. The van der Waals surface area contributed by atoms with Crippen LogP contribution in [0.15, 0.2) is 0 Å². The average Bonchev–Trinajstić information content (AvgIpc) is 2.96. The lowest BCUT2D eigenvalue weighted by atomic mass is 9.68. The highest BCUT2D eigenvalue weighted by atomic mass is 16.6. The van der Waals surface area contributed by atoms with Gasteiger partial charge in [-0.3, -0.25) is 43.2 Å². The molecule has 9 atom stereocenters. The van der Waals surface area contributed by atoms with Crippen molar-refractivity contribution in [2.45, 2.75) is 110 Å².